The normalized spacial score (nSPS) is 23.0. The van der Waals surface area contributed by atoms with Crippen molar-refractivity contribution in [1.82, 2.24) is 4.90 Å². The second kappa shape index (κ2) is 9.25. The van der Waals surface area contributed by atoms with Gasteiger partial charge in [-0.05, 0) is 36.5 Å². The fraction of sp³-hybridized carbons (Fsp3) is 0.611. The maximum atomic E-state index is 12.3. The second-order valence-electron chi connectivity index (χ2n) is 6.73. The van der Waals surface area contributed by atoms with E-state index in [0.29, 0.717) is 31.9 Å². The lowest BCUT2D eigenvalue weighted by molar-refractivity contribution is -0.134. The maximum absolute atomic E-state index is 12.3. The Hall–Kier alpha value is -1.30. The fourth-order valence-electron chi connectivity index (χ4n) is 2.92. The molecule has 3 N–H and O–H groups in total. The van der Waals surface area contributed by atoms with Gasteiger partial charge in [0.25, 0.3) is 0 Å². The van der Waals surface area contributed by atoms with Crippen LogP contribution in [-0.2, 0) is 4.79 Å². The summed E-state index contributed by atoms with van der Waals surface area (Å²) >= 11 is 0. The molecule has 2 rings (SSSR count). The molecule has 6 heteroatoms. The second-order valence-corrected chi connectivity index (χ2v) is 6.73. The molecule has 136 valence electrons. The van der Waals surface area contributed by atoms with Crippen LogP contribution in [0.4, 0.5) is 0 Å². The van der Waals surface area contributed by atoms with Crippen molar-refractivity contribution in [3.8, 4) is 5.75 Å². The zero-order valence-electron chi connectivity index (χ0n) is 14.6. The minimum atomic E-state index is -0.562. The number of carbonyl (C=O) groups excluding carboxylic acids is 1. The number of likely N-dealkylation sites (N-methyl/N-ethyl adjacent to an activating group) is 1. The van der Waals surface area contributed by atoms with E-state index in [-0.39, 0.29) is 30.3 Å². The van der Waals surface area contributed by atoms with E-state index in [1.165, 1.54) is 5.56 Å². The van der Waals surface area contributed by atoms with E-state index in [2.05, 4.69) is 26.0 Å². The first-order chi connectivity index (χ1) is 10.9. The van der Waals surface area contributed by atoms with Crippen LogP contribution in [0, 0.1) is 5.92 Å². The molecule has 5 nitrogen and oxygen atoms in total. The number of ether oxygens (including phenoxy) is 1. The molecule has 1 amide bonds. The Morgan fingerprint density at radius 3 is 2.46 bits per heavy atom. The maximum Gasteiger partial charge on any atom is 0.225 e. The Kier molecular flexibility index (Phi) is 8.00. The first kappa shape index (κ1) is 20.7. The molecule has 1 aromatic carbocycles. The highest BCUT2D eigenvalue weighted by molar-refractivity contribution is 5.85. The van der Waals surface area contributed by atoms with Crippen molar-refractivity contribution in [1.29, 1.82) is 0 Å². The number of rotatable bonds is 6. The summed E-state index contributed by atoms with van der Waals surface area (Å²) in [6.45, 7) is 5.28. The molecule has 0 radical (unpaired) electrons. The molecular weight excluding hydrogens is 328 g/mol. The van der Waals surface area contributed by atoms with Gasteiger partial charge in [0, 0.05) is 19.0 Å². The van der Waals surface area contributed by atoms with Crippen molar-refractivity contribution in [3.05, 3.63) is 29.8 Å². The van der Waals surface area contributed by atoms with Crippen LogP contribution in [0.2, 0.25) is 0 Å². The quantitative estimate of drug-likeness (QED) is 0.819. The molecule has 0 heterocycles. The standard InChI is InChI=1S/C18H28N2O3.ClH/c1-12(2)13-4-6-15(7-5-13)23-9-8-20(3)18(22)14-10-16(19)17(21)11-14;/h4-7,12,14,16-17,21H,8-11,19H2,1-3H3;1H/t14-,16-,17-;/m0./s1. The van der Waals surface area contributed by atoms with Gasteiger partial charge in [0.15, 0.2) is 0 Å². The Labute approximate surface area is 150 Å². The Morgan fingerprint density at radius 2 is 1.96 bits per heavy atom. The van der Waals surface area contributed by atoms with Crippen molar-refractivity contribution in [2.45, 2.75) is 44.8 Å². The van der Waals surface area contributed by atoms with Gasteiger partial charge in [0.1, 0.15) is 12.4 Å². The lowest BCUT2D eigenvalue weighted by Gasteiger charge is -2.21. The van der Waals surface area contributed by atoms with E-state index in [1.54, 1.807) is 11.9 Å². The van der Waals surface area contributed by atoms with E-state index in [4.69, 9.17) is 10.5 Å². The highest BCUT2D eigenvalue weighted by Gasteiger charge is 2.35. The number of aliphatic hydroxyl groups is 1. The summed E-state index contributed by atoms with van der Waals surface area (Å²) in [4.78, 5) is 14.0. The van der Waals surface area contributed by atoms with Gasteiger partial charge in [-0.2, -0.15) is 0 Å². The van der Waals surface area contributed by atoms with E-state index < -0.39 is 6.10 Å². The number of hydrogen-bond donors (Lipinski definition) is 2. The van der Waals surface area contributed by atoms with Crippen LogP contribution in [0.3, 0.4) is 0 Å². The van der Waals surface area contributed by atoms with Gasteiger partial charge >= 0.3 is 0 Å². The van der Waals surface area contributed by atoms with Crippen molar-refractivity contribution < 1.29 is 14.6 Å². The summed E-state index contributed by atoms with van der Waals surface area (Å²) in [5, 5.41) is 9.66. The average molecular weight is 357 g/mol. The summed E-state index contributed by atoms with van der Waals surface area (Å²) in [6, 6.07) is 7.77. The first-order valence-corrected chi connectivity index (χ1v) is 8.30. The molecule has 0 saturated heterocycles. The predicted octanol–water partition coefficient (Wildman–Crippen LogP) is 2.17. The number of nitrogens with two attached hydrogens (primary N) is 1. The van der Waals surface area contributed by atoms with Crippen molar-refractivity contribution in [2.75, 3.05) is 20.2 Å². The lowest BCUT2D eigenvalue weighted by atomic mass is 10.0. The number of hydrogen-bond acceptors (Lipinski definition) is 4. The topological polar surface area (TPSA) is 75.8 Å². The molecule has 1 aromatic rings. The van der Waals surface area contributed by atoms with Crippen molar-refractivity contribution in [2.24, 2.45) is 11.7 Å². The Bertz CT molecular complexity index is 512. The van der Waals surface area contributed by atoms with Gasteiger partial charge in [0.2, 0.25) is 5.91 Å². The third-order valence-electron chi connectivity index (χ3n) is 4.54. The lowest BCUT2D eigenvalue weighted by Crippen LogP contribution is -2.35. The number of halogens is 1. The van der Waals surface area contributed by atoms with Crippen LogP contribution < -0.4 is 10.5 Å². The molecule has 3 atom stereocenters. The van der Waals surface area contributed by atoms with Gasteiger partial charge < -0.3 is 20.5 Å². The Morgan fingerprint density at radius 1 is 1.33 bits per heavy atom. The minimum Gasteiger partial charge on any atom is -0.492 e. The van der Waals surface area contributed by atoms with E-state index in [0.717, 1.165) is 5.75 Å². The largest absolute Gasteiger partial charge is 0.492 e. The summed E-state index contributed by atoms with van der Waals surface area (Å²) in [5.41, 5.74) is 7.05. The van der Waals surface area contributed by atoms with Crippen molar-refractivity contribution in [3.63, 3.8) is 0 Å². The summed E-state index contributed by atoms with van der Waals surface area (Å²) < 4.78 is 5.70. The highest BCUT2D eigenvalue weighted by Crippen LogP contribution is 2.26. The minimum absolute atomic E-state index is 0. The number of benzene rings is 1. The van der Waals surface area contributed by atoms with Crippen LogP contribution >= 0.6 is 12.4 Å². The molecule has 0 aliphatic heterocycles. The summed E-state index contributed by atoms with van der Waals surface area (Å²) in [6.07, 6.45) is 0.456. The molecule has 0 aromatic heterocycles. The van der Waals surface area contributed by atoms with Crippen LogP contribution in [0.1, 0.15) is 38.2 Å². The van der Waals surface area contributed by atoms with Gasteiger partial charge in [-0.25, -0.2) is 0 Å². The number of nitrogens with zero attached hydrogens (tertiary/aromatic N) is 1. The van der Waals surface area contributed by atoms with E-state index >= 15 is 0 Å². The fourth-order valence-corrected chi connectivity index (χ4v) is 2.92. The zero-order valence-corrected chi connectivity index (χ0v) is 15.5. The monoisotopic (exact) mass is 356 g/mol. The van der Waals surface area contributed by atoms with Crippen LogP contribution in [0.25, 0.3) is 0 Å². The molecule has 0 spiro atoms. The van der Waals surface area contributed by atoms with E-state index in [1.807, 2.05) is 12.1 Å². The van der Waals surface area contributed by atoms with Gasteiger partial charge in [-0.1, -0.05) is 26.0 Å². The number of carbonyl (C=O) groups is 1. The molecule has 1 aliphatic rings. The van der Waals surface area contributed by atoms with Crippen LogP contribution in [-0.4, -0.2) is 48.3 Å². The van der Waals surface area contributed by atoms with Gasteiger partial charge in [-0.15, -0.1) is 12.4 Å². The molecule has 1 fully saturated rings. The summed E-state index contributed by atoms with van der Waals surface area (Å²) in [5.74, 6) is 1.18. The average Bonchev–Trinajstić information content (AvgIpc) is 2.86. The summed E-state index contributed by atoms with van der Waals surface area (Å²) in [7, 11) is 1.77. The molecule has 0 bridgehead atoms. The molecule has 24 heavy (non-hydrogen) atoms. The number of amides is 1. The molecule has 1 aliphatic carbocycles. The van der Waals surface area contributed by atoms with Gasteiger partial charge in [-0.3, -0.25) is 4.79 Å². The molecule has 1 saturated carbocycles. The van der Waals surface area contributed by atoms with Crippen molar-refractivity contribution >= 4 is 18.3 Å². The first-order valence-electron chi connectivity index (χ1n) is 8.30. The third-order valence-corrected chi connectivity index (χ3v) is 4.54. The van der Waals surface area contributed by atoms with Crippen LogP contribution in [0.15, 0.2) is 24.3 Å². The van der Waals surface area contributed by atoms with Crippen LogP contribution in [0.5, 0.6) is 5.75 Å². The smallest absolute Gasteiger partial charge is 0.225 e. The zero-order chi connectivity index (χ0) is 17.0. The Balaban J connectivity index is 0.00000288. The third kappa shape index (κ3) is 5.36. The SMILES string of the molecule is CC(C)c1ccc(OCCN(C)C(=O)[C@H]2C[C@H](N)[C@@H](O)C2)cc1.Cl. The van der Waals surface area contributed by atoms with E-state index in [9.17, 15) is 9.90 Å². The highest BCUT2D eigenvalue weighted by atomic mass is 35.5. The van der Waals surface area contributed by atoms with Gasteiger partial charge in [0.05, 0.1) is 12.6 Å². The number of aliphatic hydroxyl groups excluding tert-OH is 1. The molecule has 0 unspecified atom stereocenters. The molecular formula is C18H29ClN2O3. The predicted molar refractivity (Wildman–Crippen MR) is 97.6 cm³/mol.